The van der Waals surface area contributed by atoms with E-state index in [9.17, 15) is 18.0 Å². The van der Waals surface area contributed by atoms with Crippen LogP contribution in [0.15, 0.2) is 42.5 Å². The minimum Gasteiger partial charge on any atom is -0.497 e. The monoisotopic (exact) mass is 461 g/mol. The number of hydrogen-bond donors (Lipinski definition) is 1. The van der Waals surface area contributed by atoms with Gasteiger partial charge < -0.3 is 15.0 Å². The summed E-state index contributed by atoms with van der Waals surface area (Å²) in [5.41, 5.74) is 2.80. The summed E-state index contributed by atoms with van der Waals surface area (Å²) in [7, 11) is -0.719. The fraction of sp³-hybridized carbons (Fsp3) is 0.391. The first-order valence-electron chi connectivity index (χ1n) is 10.2. The highest BCUT2D eigenvalue weighted by molar-refractivity contribution is 7.92. The number of hydrogen-bond acceptors (Lipinski definition) is 5. The van der Waals surface area contributed by atoms with Crippen LogP contribution in [0.3, 0.4) is 0 Å². The van der Waals surface area contributed by atoms with Gasteiger partial charge in [-0.25, -0.2) is 8.42 Å². The standard InChI is InChI=1S/C23H31N3O5S/c1-16-10-11-17(2)21(12-16)26(32(6,29)30)15-22(27)25(18(3)23(28)24-4)14-19-8-7-9-20(13-19)31-5/h7-13,18H,14-15H2,1-6H3,(H,24,28). The normalized spacial score (nSPS) is 12.1. The lowest BCUT2D eigenvalue weighted by molar-refractivity contribution is -0.139. The molecule has 1 N–H and O–H groups in total. The van der Waals surface area contributed by atoms with Crippen molar-refractivity contribution in [1.82, 2.24) is 10.2 Å². The zero-order valence-electron chi connectivity index (χ0n) is 19.4. The lowest BCUT2D eigenvalue weighted by Gasteiger charge is -2.31. The summed E-state index contributed by atoms with van der Waals surface area (Å²) in [5.74, 6) is -0.218. The zero-order chi connectivity index (χ0) is 24.1. The van der Waals surface area contributed by atoms with Gasteiger partial charge in [0.1, 0.15) is 18.3 Å². The number of ether oxygens (including phenoxy) is 1. The number of amides is 2. The molecular weight excluding hydrogens is 430 g/mol. The van der Waals surface area contributed by atoms with Gasteiger partial charge in [0.25, 0.3) is 0 Å². The molecule has 2 rings (SSSR count). The molecule has 0 saturated carbocycles. The number of nitrogens with zero attached hydrogens (tertiary/aromatic N) is 2. The molecule has 1 atom stereocenters. The first kappa shape index (κ1) is 25.2. The van der Waals surface area contributed by atoms with Crippen LogP contribution in [-0.4, -0.2) is 58.1 Å². The molecule has 0 aliphatic carbocycles. The van der Waals surface area contributed by atoms with Crippen molar-refractivity contribution in [2.45, 2.75) is 33.4 Å². The van der Waals surface area contributed by atoms with Crippen molar-refractivity contribution in [3.63, 3.8) is 0 Å². The van der Waals surface area contributed by atoms with Gasteiger partial charge in [-0.05, 0) is 55.7 Å². The molecule has 2 amide bonds. The number of methoxy groups -OCH3 is 1. The predicted octanol–water partition coefficient (Wildman–Crippen LogP) is 2.24. The molecule has 174 valence electrons. The molecule has 2 aromatic carbocycles. The smallest absolute Gasteiger partial charge is 0.244 e. The highest BCUT2D eigenvalue weighted by Gasteiger charge is 2.30. The lowest BCUT2D eigenvalue weighted by atomic mass is 10.1. The van der Waals surface area contributed by atoms with Crippen LogP contribution in [0.1, 0.15) is 23.6 Å². The molecule has 0 aliphatic rings. The fourth-order valence-electron chi connectivity index (χ4n) is 3.34. The molecular formula is C23H31N3O5S. The summed E-state index contributed by atoms with van der Waals surface area (Å²) >= 11 is 0. The van der Waals surface area contributed by atoms with Crippen molar-refractivity contribution in [3.8, 4) is 5.75 Å². The number of aryl methyl sites for hydroxylation is 2. The maximum Gasteiger partial charge on any atom is 0.244 e. The fourth-order valence-corrected chi connectivity index (χ4v) is 4.24. The molecule has 32 heavy (non-hydrogen) atoms. The van der Waals surface area contributed by atoms with Crippen molar-refractivity contribution in [2.75, 3.05) is 31.3 Å². The van der Waals surface area contributed by atoms with Crippen molar-refractivity contribution < 1.29 is 22.7 Å². The van der Waals surface area contributed by atoms with Crippen LogP contribution in [0.4, 0.5) is 5.69 Å². The molecule has 9 heteroatoms. The largest absolute Gasteiger partial charge is 0.497 e. The Hall–Kier alpha value is -3.07. The zero-order valence-corrected chi connectivity index (χ0v) is 20.2. The third-order valence-corrected chi connectivity index (χ3v) is 6.34. The SMILES string of the molecule is CNC(=O)C(C)N(Cc1cccc(OC)c1)C(=O)CN(c1cc(C)ccc1C)S(C)(=O)=O. The van der Waals surface area contributed by atoms with E-state index in [0.29, 0.717) is 11.4 Å². The molecule has 0 radical (unpaired) electrons. The number of nitrogens with one attached hydrogen (secondary N) is 1. The van der Waals surface area contributed by atoms with Crippen molar-refractivity contribution in [2.24, 2.45) is 0 Å². The Labute approximate surface area is 190 Å². The molecule has 0 aromatic heterocycles. The number of sulfonamides is 1. The van der Waals surface area contributed by atoms with Crippen LogP contribution in [0, 0.1) is 13.8 Å². The van der Waals surface area contributed by atoms with E-state index in [-0.39, 0.29) is 12.5 Å². The second kappa shape index (κ2) is 10.5. The number of benzene rings is 2. The van der Waals surface area contributed by atoms with Gasteiger partial charge in [0, 0.05) is 13.6 Å². The first-order valence-corrected chi connectivity index (χ1v) is 12.0. The molecule has 0 heterocycles. The summed E-state index contributed by atoms with van der Waals surface area (Å²) in [5, 5.41) is 2.55. The van der Waals surface area contributed by atoms with E-state index >= 15 is 0 Å². The molecule has 0 saturated heterocycles. The van der Waals surface area contributed by atoms with Gasteiger partial charge in [0.15, 0.2) is 0 Å². The molecule has 0 bridgehead atoms. The highest BCUT2D eigenvalue weighted by atomic mass is 32.2. The van der Waals surface area contributed by atoms with Crippen LogP contribution < -0.4 is 14.4 Å². The van der Waals surface area contributed by atoms with Gasteiger partial charge in [0.2, 0.25) is 21.8 Å². The quantitative estimate of drug-likeness (QED) is 0.618. The number of rotatable bonds is 9. The Balaban J connectivity index is 2.43. The maximum absolute atomic E-state index is 13.4. The van der Waals surface area contributed by atoms with Crippen molar-refractivity contribution in [1.29, 1.82) is 0 Å². The summed E-state index contributed by atoms with van der Waals surface area (Å²) in [6, 6.07) is 11.8. The number of anilines is 1. The van der Waals surface area contributed by atoms with E-state index in [1.165, 1.54) is 11.9 Å². The second-order valence-corrected chi connectivity index (χ2v) is 9.63. The molecule has 0 aliphatic heterocycles. The van der Waals surface area contributed by atoms with Crippen molar-refractivity contribution in [3.05, 3.63) is 59.2 Å². The minimum absolute atomic E-state index is 0.120. The average Bonchev–Trinajstić information content (AvgIpc) is 2.75. The molecule has 8 nitrogen and oxygen atoms in total. The Bertz CT molecular complexity index is 1080. The summed E-state index contributed by atoms with van der Waals surface area (Å²) in [6.45, 7) is 4.95. The Kier molecular flexibility index (Phi) is 8.26. The van der Waals surface area contributed by atoms with E-state index < -0.39 is 28.5 Å². The summed E-state index contributed by atoms with van der Waals surface area (Å²) < 4.78 is 31.6. The minimum atomic E-state index is -3.76. The predicted molar refractivity (Wildman–Crippen MR) is 125 cm³/mol. The van der Waals surface area contributed by atoms with Gasteiger partial charge in [-0.15, -0.1) is 0 Å². The van der Waals surface area contributed by atoms with Crippen LogP contribution in [0.25, 0.3) is 0 Å². The average molecular weight is 462 g/mol. The summed E-state index contributed by atoms with van der Waals surface area (Å²) in [4.78, 5) is 27.1. The number of likely N-dealkylation sites (N-methyl/N-ethyl adjacent to an activating group) is 1. The third kappa shape index (κ3) is 6.23. The Morgan fingerprint density at radius 3 is 2.41 bits per heavy atom. The van der Waals surface area contributed by atoms with Crippen LogP contribution in [0.2, 0.25) is 0 Å². The number of carbonyl (C=O) groups excluding carboxylic acids is 2. The van der Waals surface area contributed by atoms with Gasteiger partial charge in [0.05, 0.1) is 19.1 Å². The van der Waals surface area contributed by atoms with E-state index in [1.54, 1.807) is 45.2 Å². The lowest BCUT2D eigenvalue weighted by Crippen LogP contribution is -2.50. The Morgan fingerprint density at radius 2 is 1.81 bits per heavy atom. The van der Waals surface area contributed by atoms with Crippen LogP contribution >= 0.6 is 0 Å². The molecule has 0 fully saturated rings. The van der Waals surface area contributed by atoms with E-state index in [0.717, 1.165) is 27.3 Å². The van der Waals surface area contributed by atoms with Gasteiger partial charge in [-0.1, -0.05) is 24.3 Å². The molecule has 1 unspecified atom stereocenters. The van der Waals surface area contributed by atoms with Gasteiger partial charge in [-0.3, -0.25) is 13.9 Å². The second-order valence-electron chi connectivity index (χ2n) is 7.72. The third-order valence-electron chi connectivity index (χ3n) is 5.21. The van der Waals surface area contributed by atoms with E-state index in [4.69, 9.17) is 4.74 Å². The van der Waals surface area contributed by atoms with E-state index in [1.807, 2.05) is 25.1 Å². The van der Waals surface area contributed by atoms with Crippen LogP contribution in [-0.2, 0) is 26.2 Å². The van der Waals surface area contributed by atoms with Crippen LogP contribution in [0.5, 0.6) is 5.75 Å². The first-order chi connectivity index (χ1) is 15.0. The van der Waals surface area contributed by atoms with E-state index in [2.05, 4.69) is 5.32 Å². The summed E-state index contributed by atoms with van der Waals surface area (Å²) in [6.07, 6.45) is 1.07. The van der Waals surface area contributed by atoms with Gasteiger partial charge in [-0.2, -0.15) is 0 Å². The Morgan fingerprint density at radius 1 is 1.12 bits per heavy atom. The topological polar surface area (TPSA) is 96.0 Å². The van der Waals surface area contributed by atoms with Crippen molar-refractivity contribution >= 4 is 27.5 Å². The molecule has 2 aromatic rings. The highest BCUT2D eigenvalue weighted by Crippen LogP contribution is 2.25. The maximum atomic E-state index is 13.4. The number of carbonyl (C=O) groups is 2. The molecule has 0 spiro atoms. The van der Waals surface area contributed by atoms with Gasteiger partial charge >= 0.3 is 0 Å².